The SMILES string of the molecule is NNC(=O)c1ccnc(N2CCC3(CN(c4ccnc(C(F)(F)F)c4)C3)C2)n1. The molecule has 148 valence electrons. The van der Waals surface area contributed by atoms with Crippen molar-refractivity contribution in [1.82, 2.24) is 20.4 Å². The molecule has 3 N–H and O–H groups in total. The first-order chi connectivity index (χ1) is 13.3. The van der Waals surface area contributed by atoms with Crippen molar-refractivity contribution >= 4 is 17.5 Å². The van der Waals surface area contributed by atoms with Crippen LogP contribution >= 0.6 is 0 Å². The highest BCUT2D eigenvalue weighted by molar-refractivity contribution is 5.91. The third kappa shape index (κ3) is 3.33. The van der Waals surface area contributed by atoms with Crippen LogP contribution in [-0.4, -0.2) is 47.0 Å². The van der Waals surface area contributed by atoms with Crippen molar-refractivity contribution in [3.8, 4) is 0 Å². The van der Waals surface area contributed by atoms with E-state index in [4.69, 9.17) is 5.84 Å². The van der Waals surface area contributed by atoms with Gasteiger partial charge in [-0.3, -0.25) is 15.2 Å². The number of nitrogens with zero attached hydrogens (tertiary/aromatic N) is 5. The van der Waals surface area contributed by atoms with Gasteiger partial charge in [0.15, 0.2) is 0 Å². The van der Waals surface area contributed by atoms with E-state index in [1.165, 1.54) is 18.5 Å². The van der Waals surface area contributed by atoms with Gasteiger partial charge in [0.25, 0.3) is 5.91 Å². The third-order valence-corrected chi connectivity index (χ3v) is 5.18. The molecule has 2 saturated heterocycles. The smallest absolute Gasteiger partial charge is 0.370 e. The molecule has 0 bridgehead atoms. The van der Waals surface area contributed by atoms with Gasteiger partial charge >= 0.3 is 6.18 Å². The lowest BCUT2D eigenvalue weighted by molar-refractivity contribution is -0.141. The lowest BCUT2D eigenvalue weighted by Crippen LogP contribution is -2.57. The van der Waals surface area contributed by atoms with Crippen LogP contribution in [0, 0.1) is 5.41 Å². The highest BCUT2D eigenvalue weighted by atomic mass is 19.4. The molecule has 4 heterocycles. The van der Waals surface area contributed by atoms with Crippen LogP contribution in [0.1, 0.15) is 22.6 Å². The van der Waals surface area contributed by atoms with E-state index in [1.807, 2.05) is 15.2 Å². The van der Waals surface area contributed by atoms with Gasteiger partial charge in [0, 0.05) is 49.7 Å². The summed E-state index contributed by atoms with van der Waals surface area (Å²) >= 11 is 0. The Kier molecular flexibility index (Phi) is 4.33. The molecule has 2 fully saturated rings. The molecular formula is C17H18F3N7O. The zero-order valence-electron chi connectivity index (χ0n) is 14.8. The zero-order chi connectivity index (χ0) is 19.9. The minimum atomic E-state index is -4.46. The van der Waals surface area contributed by atoms with Crippen molar-refractivity contribution in [3.05, 3.63) is 42.0 Å². The monoisotopic (exact) mass is 393 g/mol. The van der Waals surface area contributed by atoms with Crippen molar-refractivity contribution in [1.29, 1.82) is 0 Å². The first-order valence-corrected chi connectivity index (χ1v) is 8.67. The Morgan fingerprint density at radius 3 is 2.57 bits per heavy atom. The molecule has 2 aromatic rings. The van der Waals surface area contributed by atoms with Crippen LogP contribution in [0.25, 0.3) is 0 Å². The molecular weight excluding hydrogens is 375 g/mol. The molecule has 0 radical (unpaired) electrons. The molecule has 2 aliphatic rings. The van der Waals surface area contributed by atoms with Crippen molar-refractivity contribution in [2.75, 3.05) is 36.0 Å². The van der Waals surface area contributed by atoms with Crippen LogP contribution in [-0.2, 0) is 6.18 Å². The molecule has 0 aliphatic carbocycles. The number of pyridine rings is 1. The molecule has 4 rings (SSSR count). The second-order valence-corrected chi connectivity index (χ2v) is 7.14. The standard InChI is InChI=1S/C17H18F3N7O/c18-17(19,20)13-7-11(1-4-22-13)27-9-16(10-27)3-6-26(8-16)15-23-5-2-12(24-15)14(28)25-21/h1-2,4-5,7H,3,6,8-10,21H2,(H,25,28). The number of rotatable bonds is 3. The predicted molar refractivity (Wildman–Crippen MR) is 94.4 cm³/mol. The van der Waals surface area contributed by atoms with Gasteiger partial charge in [-0.25, -0.2) is 15.8 Å². The molecule has 0 aromatic carbocycles. The van der Waals surface area contributed by atoms with Crippen molar-refractivity contribution in [2.45, 2.75) is 12.6 Å². The topological polar surface area (TPSA) is 100 Å². The fourth-order valence-electron chi connectivity index (χ4n) is 3.78. The molecule has 11 heteroatoms. The van der Waals surface area contributed by atoms with E-state index in [0.717, 1.165) is 12.5 Å². The van der Waals surface area contributed by atoms with Crippen LogP contribution in [0.4, 0.5) is 24.8 Å². The van der Waals surface area contributed by atoms with Gasteiger partial charge in [0.1, 0.15) is 11.4 Å². The lowest BCUT2D eigenvalue weighted by Gasteiger charge is -2.49. The first kappa shape index (κ1) is 18.4. The number of carbonyl (C=O) groups excluding carboxylic acids is 1. The van der Waals surface area contributed by atoms with E-state index in [-0.39, 0.29) is 11.1 Å². The summed E-state index contributed by atoms with van der Waals surface area (Å²) < 4.78 is 38.6. The van der Waals surface area contributed by atoms with Gasteiger partial charge in [0.2, 0.25) is 5.95 Å². The summed E-state index contributed by atoms with van der Waals surface area (Å²) in [5.74, 6) is 5.08. The Morgan fingerprint density at radius 2 is 1.86 bits per heavy atom. The third-order valence-electron chi connectivity index (χ3n) is 5.18. The number of nitrogen functional groups attached to an aromatic ring is 1. The average molecular weight is 393 g/mol. The van der Waals surface area contributed by atoms with E-state index >= 15 is 0 Å². The summed E-state index contributed by atoms with van der Waals surface area (Å²) in [4.78, 5) is 27.4. The normalized spacial score (nSPS) is 18.3. The molecule has 2 aliphatic heterocycles. The summed E-state index contributed by atoms with van der Waals surface area (Å²) in [6.45, 7) is 2.68. The van der Waals surface area contributed by atoms with E-state index in [9.17, 15) is 18.0 Å². The van der Waals surface area contributed by atoms with E-state index in [1.54, 1.807) is 6.07 Å². The number of hydrogen-bond acceptors (Lipinski definition) is 7. The Labute approximate surface area is 158 Å². The predicted octanol–water partition coefficient (Wildman–Crippen LogP) is 1.21. The number of alkyl halides is 3. The van der Waals surface area contributed by atoms with E-state index in [2.05, 4.69) is 15.0 Å². The van der Waals surface area contributed by atoms with Crippen LogP contribution in [0.15, 0.2) is 30.6 Å². The quantitative estimate of drug-likeness (QED) is 0.459. The summed E-state index contributed by atoms with van der Waals surface area (Å²) in [6, 6.07) is 4.15. The second kappa shape index (κ2) is 6.59. The van der Waals surface area contributed by atoms with Gasteiger partial charge in [-0.05, 0) is 24.6 Å². The largest absolute Gasteiger partial charge is 0.433 e. The molecule has 0 unspecified atom stereocenters. The summed E-state index contributed by atoms with van der Waals surface area (Å²) in [6.07, 6.45) is -0.898. The number of halogens is 3. The molecule has 2 aromatic heterocycles. The number of hydrogen-bond donors (Lipinski definition) is 2. The fourth-order valence-corrected chi connectivity index (χ4v) is 3.78. The maximum Gasteiger partial charge on any atom is 0.433 e. The molecule has 8 nitrogen and oxygen atoms in total. The fraction of sp³-hybridized carbons (Fsp3) is 0.412. The maximum atomic E-state index is 12.9. The molecule has 1 spiro atoms. The van der Waals surface area contributed by atoms with Gasteiger partial charge in [-0.15, -0.1) is 0 Å². The number of aromatic nitrogens is 3. The zero-order valence-corrected chi connectivity index (χ0v) is 14.8. The maximum absolute atomic E-state index is 12.9. The number of nitrogens with one attached hydrogen (secondary N) is 1. The van der Waals surface area contributed by atoms with E-state index in [0.29, 0.717) is 37.8 Å². The average Bonchev–Trinajstić information content (AvgIpc) is 3.11. The highest BCUT2D eigenvalue weighted by Gasteiger charge is 2.48. The molecule has 0 atom stereocenters. The van der Waals surface area contributed by atoms with E-state index < -0.39 is 17.8 Å². The minimum absolute atomic E-state index is 0.0306. The van der Waals surface area contributed by atoms with Gasteiger partial charge in [-0.1, -0.05) is 0 Å². The minimum Gasteiger partial charge on any atom is -0.370 e. The lowest BCUT2D eigenvalue weighted by atomic mass is 9.79. The van der Waals surface area contributed by atoms with Crippen molar-refractivity contribution in [3.63, 3.8) is 0 Å². The van der Waals surface area contributed by atoms with Crippen molar-refractivity contribution < 1.29 is 18.0 Å². The molecule has 0 saturated carbocycles. The van der Waals surface area contributed by atoms with Gasteiger partial charge in [0.05, 0.1) is 0 Å². The molecule has 1 amide bonds. The summed E-state index contributed by atoms with van der Waals surface area (Å²) in [5, 5.41) is 0. The van der Waals surface area contributed by atoms with Gasteiger partial charge < -0.3 is 9.80 Å². The van der Waals surface area contributed by atoms with Crippen LogP contribution in [0.2, 0.25) is 0 Å². The van der Waals surface area contributed by atoms with Crippen LogP contribution in [0.3, 0.4) is 0 Å². The number of anilines is 2. The van der Waals surface area contributed by atoms with Crippen molar-refractivity contribution in [2.24, 2.45) is 11.3 Å². The van der Waals surface area contributed by atoms with Crippen LogP contribution < -0.4 is 21.1 Å². The summed E-state index contributed by atoms with van der Waals surface area (Å²) in [5.41, 5.74) is 1.82. The summed E-state index contributed by atoms with van der Waals surface area (Å²) in [7, 11) is 0. The molecule has 28 heavy (non-hydrogen) atoms. The number of nitrogens with two attached hydrogens (primary N) is 1. The number of carbonyl (C=O) groups is 1. The first-order valence-electron chi connectivity index (χ1n) is 8.67. The second-order valence-electron chi connectivity index (χ2n) is 7.14. The Morgan fingerprint density at radius 1 is 1.14 bits per heavy atom. The highest BCUT2D eigenvalue weighted by Crippen LogP contribution is 2.43. The Bertz CT molecular complexity index is 898. The van der Waals surface area contributed by atoms with Crippen LogP contribution in [0.5, 0.6) is 0 Å². The number of amides is 1. The number of hydrazine groups is 1. The Hall–Kier alpha value is -2.95. The van der Waals surface area contributed by atoms with Gasteiger partial charge in [-0.2, -0.15) is 13.2 Å². The Balaban J connectivity index is 1.43.